The van der Waals surface area contributed by atoms with Crippen molar-refractivity contribution in [2.75, 3.05) is 12.1 Å². The van der Waals surface area contributed by atoms with Crippen LogP contribution < -0.4 is 20.1 Å². The molecule has 3 rings (SSSR count). The average molecular weight is 329 g/mol. The lowest BCUT2D eigenvalue weighted by Crippen LogP contribution is -2.34. The average Bonchev–Trinajstić information content (AvgIpc) is 3.02. The first kappa shape index (κ1) is 15.3. The number of nitro groups is 1. The summed E-state index contributed by atoms with van der Waals surface area (Å²) in [5.41, 5.74) is 0.451. The summed E-state index contributed by atoms with van der Waals surface area (Å²) in [7, 11) is 0. The number of nitro benzene ring substituents is 1. The number of nitrogens with zero attached hydrogens (tertiary/aromatic N) is 1. The van der Waals surface area contributed by atoms with E-state index in [-0.39, 0.29) is 18.0 Å². The van der Waals surface area contributed by atoms with Crippen LogP contribution in [0.4, 0.5) is 16.2 Å². The molecule has 0 fully saturated rings. The molecule has 0 atom stereocenters. The van der Waals surface area contributed by atoms with Gasteiger partial charge in [0.1, 0.15) is 0 Å². The van der Waals surface area contributed by atoms with Gasteiger partial charge in [-0.05, 0) is 30.3 Å². The number of fused-ring (bicyclic) bond motifs is 1. The van der Waals surface area contributed by atoms with Gasteiger partial charge in [0.25, 0.3) is 11.6 Å². The zero-order chi connectivity index (χ0) is 17.1. The van der Waals surface area contributed by atoms with Crippen LogP contribution >= 0.6 is 0 Å². The van der Waals surface area contributed by atoms with Crippen LogP contribution in [-0.2, 0) is 0 Å². The van der Waals surface area contributed by atoms with Crippen LogP contribution in [0.1, 0.15) is 10.4 Å². The Balaban J connectivity index is 1.62. The van der Waals surface area contributed by atoms with Gasteiger partial charge in [-0.25, -0.2) is 4.79 Å². The fraction of sp³-hybridized carbons (Fsp3) is 0.0667. The van der Waals surface area contributed by atoms with Crippen LogP contribution in [0.15, 0.2) is 42.5 Å². The number of nitrogens with one attached hydrogen (secondary N) is 2. The van der Waals surface area contributed by atoms with Gasteiger partial charge in [0.2, 0.25) is 6.79 Å². The molecule has 0 spiro atoms. The van der Waals surface area contributed by atoms with Crippen LogP contribution in [0.2, 0.25) is 0 Å². The molecule has 2 aromatic carbocycles. The number of rotatable bonds is 3. The van der Waals surface area contributed by atoms with Crippen molar-refractivity contribution in [1.29, 1.82) is 0 Å². The summed E-state index contributed by atoms with van der Waals surface area (Å²) >= 11 is 0. The summed E-state index contributed by atoms with van der Waals surface area (Å²) < 4.78 is 10.3. The fourth-order valence-corrected chi connectivity index (χ4v) is 2.04. The molecule has 2 N–H and O–H groups in total. The zero-order valence-electron chi connectivity index (χ0n) is 12.1. The van der Waals surface area contributed by atoms with Crippen molar-refractivity contribution in [2.24, 2.45) is 0 Å². The summed E-state index contributed by atoms with van der Waals surface area (Å²) in [4.78, 5) is 33.9. The highest BCUT2D eigenvalue weighted by atomic mass is 16.7. The van der Waals surface area contributed by atoms with Gasteiger partial charge in [0.15, 0.2) is 11.5 Å². The van der Waals surface area contributed by atoms with Crippen molar-refractivity contribution in [3.8, 4) is 11.5 Å². The van der Waals surface area contributed by atoms with Gasteiger partial charge in [-0.3, -0.25) is 20.2 Å². The third kappa shape index (κ3) is 3.24. The van der Waals surface area contributed by atoms with Gasteiger partial charge < -0.3 is 14.8 Å². The minimum absolute atomic E-state index is 0.0844. The van der Waals surface area contributed by atoms with E-state index in [0.29, 0.717) is 17.2 Å². The smallest absolute Gasteiger partial charge is 0.326 e. The number of ether oxygens (including phenoxy) is 2. The third-order valence-corrected chi connectivity index (χ3v) is 3.20. The number of carbonyl (C=O) groups is 2. The number of imide groups is 1. The first-order chi connectivity index (χ1) is 11.5. The highest BCUT2D eigenvalue weighted by molar-refractivity contribution is 6.08. The van der Waals surface area contributed by atoms with Crippen molar-refractivity contribution in [1.82, 2.24) is 5.32 Å². The third-order valence-electron chi connectivity index (χ3n) is 3.20. The Labute approximate surface area is 135 Å². The summed E-state index contributed by atoms with van der Waals surface area (Å²) in [5.74, 6) is 0.341. The number of urea groups is 1. The van der Waals surface area contributed by atoms with Crippen molar-refractivity contribution in [3.05, 3.63) is 58.1 Å². The predicted octanol–water partition coefficient (Wildman–Crippen LogP) is 2.29. The minimum Gasteiger partial charge on any atom is -0.454 e. The molecule has 0 aliphatic carbocycles. The highest BCUT2D eigenvalue weighted by Gasteiger charge is 2.17. The normalized spacial score (nSPS) is 11.7. The maximum Gasteiger partial charge on any atom is 0.326 e. The molecule has 2 aromatic rings. The van der Waals surface area contributed by atoms with E-state index in [2.05, 4.69) is 10.6 Å². The molecule has 0 saturated heterocycles. The first-order valence-electron chi connectivity index (χ1n) is 6.79. The summed E-state index contributed by atoms with van der Waals surface area (Å²) in [6.07, 6.45) is 0. The lowest BCUT2D eigenvalue weighted by atomic mass is 10.2. The lowest BCUT2D eigenvalue weighted by molar-refractivity contribution is -0.384. The van der Waals surface area contributed by atoms with Crippen LogP contribution in [0.25, 0.3) is 0 Å². The maximum absolute atomic E-state index is 12.0. The molecular weight excluding hydrogens is 318 g/mol. The van der Waals surface area contributed by atoms with Crippen molar-refractivity contribution >= 4 is 23.3 Å². The van der Waals surface area contributed by atoms with E-state index in [1.54, 1.807) is 6.07 Å². The van der Waals surface area contributed by atoms with Crippen LogP contribution in [0.5, 0.6) is 11.5 Å². The molecule has 0 bridgehead atoms. The minimum atomic E-state index is -0.758. The van der Waals surface area contributed by atoms with E-state index in [1.165, 1.54) is 36.4 Å². The molecule has 24 heavy (non-hydrogen) atoms. The standard InChI is InChI=1S/C15H11N3O6/c19-14(9-1-6-12-13(7-9)24-8-23-12)17-15(20)16-10-2-4-11(5-3-10)18(21)22/h1-7H,8H2,(H2,16,17,19,20). The molecule has 0 radical (unpaired) electrons. The van der Waals surface area contributed by atoms with E-state index in [9.17, 15) is 19.7 Å². The van der Waals surface area contributed by atoms with Gasteiger partial charge in [-0.1, -0.05) is 0 Å². The highest BCUT2D eigenvalue weighted by Crippen LogP contribution is 2.32. The quantitative estimate of drug-likeness (QED) is 0.658. The monoisotopic (exact) mass is 329 g/mol. The topological polar surface area (TPSA) is 120 Å². The molecule has 0 saturated carbocycles. The fourth-order valence-electron chi connectivity index (χ4n) is 2.04. The lowest BCUT2D eigenvalue weighted by Gasteiger charge is -2.07. The molecule has 1 aliphatic heterocycles. The van der Waals surface area contributed by atoms with E-state index < -0.39 is 16.9 Å². The Kier molecular flexibility index (Phi) is 3.98. The first-order valence-corrected chi connectivity index (χ1v) is 6.79. The van der Waals surface area contributed by atoms with Gasteiger partial charge in [0.05, 0.1) is 4.92 Å². The van der Waals surface area contributed by atoms with Gasteiger partial charge in [0, 0.05) is 23.4 Å². The molecule has 122 valence electrons. The Bertz CT molecular complexity index is 818. The Hall–Kier alpha value is -3.62. The van der Waals surface area contributed by atoms with Crippen LogP contribution in [0, 0.1) is 10.1 Å². The summed E-state index contributed by atoms with van der Waals surface area (Å²) in [6, 6.07) is 9.01. The van der Waals surface area contributed by atoms with Gasteiger partial charge in [-0.2, -0.15) is 0 Å². The Morgan fingerprint density at radius 1 is 1.04 bits per heavy atom. The van der Waals surface area contributed by atoms with E-state index in [4.69, 9.17) is 9.47 Å². The number of anilines is 1. The number of benzene rings is 2. The SMILES string of the molecule is O=C(NC(=O)c1ccc2c(c1)OCO2)Nc1ccc([N+](=O)[O-])cc1. The predicted molar refractivity (Wildman–Crippen MR) is 82.1 cm³/mol. The molecule has 3 amide bonds. The van der Waals surface area contributed by atoms with Crippen LogP contribution in [-0.4, -0.2) is 23.7 Å². The Morgan fingerprint density at radius 2 is 1.75 bits per heavy atom. The van der Waals surface area contributed by atoms with Crippen molar-refractivity contribution in [3.63, 3.8) is 0 Å². The van der Waals surface area contributed by atoms with E-state index >= 15 is 0 Å². The number of hydrogen-bond acceptors (Lipinski definition) is 6. The zero-order valence-corrected chi connectivity index (χ0v) is 12.1. The van der Waals surface area contributed by atoms with Crippen molar-refractivity contribution in [2.45, 2.75) is 0 Å². The second-order valence-corrected chi connectivity index (χ2v) is 4.78. The second-order valence-electron chi connectivity index (χ2n) is 4.78. The molecule has 1 aliphatic rings. The van der Waals surface area contributed by atoms with Gasteiger partial charge in [-0.15, -0.1) is 0 Å². The van der Waals surface area contributed by atoms with Crippen LogP contribution in [0.3, 0.4) is 0 Å². The number of carbonyl (C=O) groups excluding carboxylic acids is 2. The molecular formula is C15H11N3O6. The number of non-ortho nitro benzene ring substituents is 1. The molecule has 9 heteroatoms. The number of amides is 3. The molecule has 0 aromatic heterocycles. The molecule has 9 nitrogen and oxygen atoms in total. The maximum atomic E-state index is 12.0. The summed E-state index contributed by atoms with van der Waals surface area (Å²) in [5, 5.41) is 15.1. The Morgan fingerprint density at radius 3 is 2.46 bits per heavy atom. The van der Waals surface area contributed by atoms with E-state index in [0.717, 1.165) is 0 Å². The summed E-state index contributed by atoms with van der Waals surface area (Å²) in [6.45, 7) is 0.0844. The van der Waals surface area contributed by atoms with Crippen molar-refractivity contribution < 1.29 is 24.0 Å². The van der Waals surface area contributed by atoms with Gasteiger partial charge >= 0.3 is 6.03 Å². The molecule has 0 unspecified atom stereocenters. The largest absolute Gasteiger partial charge is 0.454 e. The number of hydrogen-bond donors (Lipinski definition) is 2. The molecule has 1 heterocycles. The second kappa shape index (κ2) is 6.24. The van der Waals surface area contributed by atoms with E-state index in [1.807, 2.05) is 0 Å².